The smallest absolute Gasteiger partial charge is 0.273 e. The van der Waals surface area contributed by atoms with E-state index in [0.29, 0.717) is 35.5 Å². The average Bonchev–Trinajstić information content (AvgIpc) is 2.81. The summed E-state index contributed by atoms with van der Waals surface area (Å²) in [5.41, 5.74) is 7.15. The summed E-state index contributed by atoms with van der Waals surface area (Å²) in [5.74, 6) is 0.218. The number of nitrogen functional groups attached to an aromatic ring is 1. The van der Waals surface area contributed by atoms with Gasteiger partial charge in [-0.05, 0) is 76.4 Å². The first kappa shape index (κ1) is 24.1. The summed E-state index contributed by atoms with van der Waals surface area (Å²) < 4.78 is 6.04. The van der Waals surface area contributed by atoms with Crippen LogP contribution < -0.4 is 15.4 Å². The maximum absolute atomic E-state index is 13.5. The van der Waals surface area contributed by atoms with Crippen LogP contribution in [-0.2, 0) is 4.79 Å². The number of anilines is 1. The van der Waals surface area contributed by atoms with E-state index in [1.165, 1.54) is 25.3 Å². The number of fused-ring (bicyclic) bond motifs is 1. The Kier molecular flexibility index (Phi) is 7.41. The molecule has 2 heterocycles. The molecule has 2 aliphatic rings. The molecule has 4 N–H and O–H groups in total. The highest BCUT2D eigenvalue weighted by molar-refractivity contribution is 6.01. The van der Waals surface area contributed by atoms with Gasteiger partial charge in [0.05, 0.1) is 5.69 Å². The van der Waals surface area contributed by atoms with E-state index < -0.39 is 6.10 Å². The minimum atomic E-state index is -0.982. The molecular formula is C27H36N4O3. The van der Waals surface area contributed by atoms with Gasteiger partial charge >= 0.3 is 0 Å². The van der Waals surface area contributed by atoms with E-state index in [1.54, 1.807) is 17.0 Å². The number of hydrogen-bond donors (Lipinski definition) is 3. The number of nitrogens with two attached hydrogens (primary N) is 1. The van der Waals surface area contributed by atoms with Crippen LogP contribution in [0.2, 0.25) is 0 Å². The third kappa shape index (κ3) is 5.04. The quantitative estimate of drug-likeness (QED) is 0.302. The van der Waals surface area contributed by atoms with Crippen LogP contribution >= 0.6 is 0 Å². The molecule has 34 heavy (non-hydrogen) atoms. The first-order chi connectivity index (χ1) is 16.4. The zero-order chi connectivity index (χ0) is 24.2. The van der Waals surface area contributed by atoms with Crippen LogP contribution in [0.15, 0.2) is 42.5 Å². The van der Waals surface area contributed by atoms with E-state index in [4.69, 9.17) is 15.9 Å². The molecular weight excluding hydrogens is 428 g/mol. The fourth-order valence-electron chi connectivity index (χ4n) is 5.23. The van der Waals surface area contributed by atoms with Crippen molar-refractivity contribution in [2.24, 2.45) is 5.73 Å². The molecule has 4 rings (SSSR count). The van der Waals surface area contributed by atoms with Crippen LogP contribution in [0.4, 0.5) is 5.69 Å². The number of phenols is 1. The highest BCUT2D eigenvalue weighted by Crippen LogP contribution is 2.41. The molecule has 0 bridgehead atoms. The molecule has 3 atom stereocenters. The molecule has 7 heteroatoms. The van der Waals surface area contributed by atoms with E-state index in [-0.39, 0.29) is 17.5 Å². The third-order valence-corrected chi connectivity index (χ3v) is 7.19. The molecule has 0 spiro atoms. The van der Waals surface area contributed by atoms with E-state index in [2.05, 4.69) is 18.7 Å². The van der Waals surface area contributed by atoms with Crippen molar-refractivity contribution in [3.8, 4) is 11.5 Å². The van der Waals surface area contributed by atoms with Gasteiger partial charge in [0.15, 0.2) is 0 Å². The fourth-order valence-corrected chi connectivity index (χ4v) is 5.23. The summed E-state index contributed by atoms with van der Waals surface area (Å²) in [6, 6.07) is 13.4. The van der Waals surface area contributed by atoms with Gasteiger partial charge in [-0.3, -0.25) is 15.1 Å². The Bertz CT molecular complexity index is 1030. The van der Waals surface area contributed by atoms with Crippen LogP contribution in [0, 0.1) is 5.41 Å². The number of carbonyl (C=O) groups is 1. The van der Waals surface area contributed by atoms with Crippen molar-refractivity contribution in [1.29, 1.82) is 5.41 Å². The number of unbranched alkanes of at least 4 members (excludes halogenated alkanes) is 2. The number of aromatic hydroxyl groups is 1. The van der Waals surface area contributed by atoms with Gasteiger partial charge in [0.25, 0.3) is 5.91 Å². The van der Waals surface area contributed by atoms with E-state index in [9.17, 15) is 9.90 Å². The van der Waals surface area contributed by atoms with Gasteiger partial charge in [-0.2, -0.15) is 0 Å². The number of hydrogen-bond acceptors (Lipinski definition) is 5. The summed E-state index contributed by atoms with van der Waals surface area (Å²) in [6.45, 7) is 6.35. The second kappa shape index (κ2) is 10.5. The average molecular weight is 465 g/mol. The summed E-state index contributed by atoms with van der Waals surface area (Å²) in [7, 11) is 0. The lowest BCUT2D eigenvalue weighted by molar-refractivity contribution is -0.126. The van der Waals surface area contributed by atoms with Crippen molar-refractivity contribution in [2.45, 2.75) is 70.6 Å². The number of rotatable bonds is 8. The minimum Gasteiger partial charge on any atom is -0.508 e. The predicted octanol–water partition coefficient (Wildman–Crippen LogP) is 4.58. The van der Waals surface area contributed by atoms with Gasteiger partial charge in [-0.1, -0.05) is 25.0 Å². The van der Waals surface area contributed by atoms with E-state index in [1.807, 2.05) is 24.3 Å². The van der Waals surface area contributed by atoms with Gasteiger partial charge in [-0.15, -0.1) is 0 Å². The lowest BCUT2D eigenvalue weighted by Gasteiger charge is -2.39. The number of ether oxygens (including phenoxy) is 1. The zero-order valence-corrected chi connectivity index (χ0v) is 20.2. The number of piperidine rings is 1. The number of amides is 1. The van der Waals surface area contributed by atoms with E-state index in [0.717, 1.165) is 31.5 Å². The van der Waals surface area contributed by atoms with Crippen molar-refractivity contribution in [2.75, 3.05) is 18.0 Å². The monoisotopic (exact) mass is 464 g/mol. The Labute approximate surface area is 202 Å². The van der Waals surface area contributed by atoms with Crippen LogP contribution in [0.1, 0.15) is 69.6 Å². The van der Waals surface area contributed by atoms with Crippen molar-refractivity contribution in [3.05, 3.63) is 53.6 Å². The Balaban J connectivity index is 1.45. The van der Waals surface area contributed by atoms with Crippen molar-refractivity contribution in [3.63, 3.8) is 0 Å². The molecule has 1 fully saturated rings. The second-order valence-electron chi connectivity index (χ2n) is 9.57. The lowest BCUT2D eigenvalue weighted by Crippen LogP contribution is -2.44. The topological polar surface area (TPSA) is 103 Å². The van der Waals surface area contributed by atoms with Gasteiger partial charge in [0, 0.05) is 29.8 Å². The number of amidine groups is 1. The molecule has 182 valence electrons. The minimum absolute atomic E-state index is 0.0487. The Morgan fingerprint density at radius 1 is 1.09 bits per heavy atom. The maximum atomic E-state index is 13.5. The van der Waals surface area contributed by atoms with Crippen LogP contribution in [-0.4, -0.2) is 46.9 Å². The van der Waals surface area contributed by atoms with Gasteiger partial charge in [0.2, 0.25) is 6.10 Å². The highest BCUT2D eigenvalue weighted by Gasteiger charge is 2.36. The molecule has 2 aliphatic heterocycles. The normalized spacial score (nSPS) is 22.8. The maximum Gasteiger partial charge on any atom is 0.273 e. The van der Waals surface area contributed by atoms with Gasteiger partial charge < -0.3 is 20.5 Å². The van der Waals surface area contributed by atoms with Gasteiger partial charge in [-0.25, -0.2) is 0 Å². The number of para-hydroxylation sites is 2. The van der Waals surface area contributed by atoms with E-state index >= 15 is 0 Å². The Morgan fingerprint density at radius 3 is 2.53 bits per heavy atom. The molecule has 2 aromatic carbocycles. The number of likely N-dealkylation sites (tertiary alicyclic amines) is 1. The number of nitrogens with one attached hydrogen (secondary N) is 1. The Morgan fingerprint density at radius 2 is 1.79 bits per heavy atom. The number of phenolic OH excluding ortho intramolecular Hbond substituents is 1. The number of benzene rings is 2. The molecule has 0 unspecified atom stereocenters. The van der Waals surface area contributed by atoms with Crippen LogP contribution in [0.5, 0.6) is 11.5 Å². The van der Waals surface area contributed by atoms with Crippen molar-refractivity contribution < 1.29 is 14.6 Å². The fraction of sp³-hybridized carbons (Fsp3) is 0.481. The number of carbonyl (C=O) groups excluding carboxylic acids is 1. The molecule has 0 radical (unpaired) electrons. The van der Waals surface area contributed by atoms with Crippen molar-refractivity contribution >= 4 is 17.4 Å². The molecule has 1 saturated heterocycles. The SMILES string of the molecule is C[C@@H]1CCC[C@H](C)N1CCCCCN1C(=O)[C@@H](c2cc(C(=N)N)ccc2O)Oc2ccccc21. The van der Waals surface area contributed by atoms with Gasteiger partial charge in [0.1, 0.15) is 17.3 Å². The molecule has 7 nitrogen and oxygen atoms in total. The summed E-state index contributed by atoms with van der Waals surface area (Å²) in [5, 5.41) is 18.2. The molecule has 1 amide bonds. The predicted molar refractivity (Wildman–Crippen MR) is 135 cm³/mol. The standard InChI is InChI=1S/C27H36N4O3/c1-18-9-8-10-19(2)30(18)15-6-3-7-16-31-22-11-4-5-12-24(22)34-25(27(31)33)21-17-20(26(28)29)13-14-23(21)32/h4-5,11-14,17-19,25,32H,3,6-10,15-16H2,1-2H3,(H3,28,29)/t18-,19+,25-/m1/s1. The second-order valence-corrected chi connectivity index (χ2v) is 9.57. The lowest BCUT2D eigenvalue weighted by atomic mass is 9.97. The molecule has 2 aromatic rings. The molecule has 0 saturated carbocycles. The summed E-state index contributed by atoms with van der Waals surface area (Å²) >= 11 is 0. The van der Waals surface area contributed by atoms with Crippen molar-refractivity contribution in [1.82, 2.24) is 4.90 Å². The third-order valence-electron chi connectivity index (χ3n) is 7.19. The first-order valence-electron chi connectivity index (χ1n) is 12.4. The highest BCUT2D eigenvalue weighted by atomic mass is 16.5. The molecule has 0 aromatic heterocycles. The van der Waals surface area contributed by atoms with Crippen LogP contribution in [0.3, 0.4) is 0 Å². The summed E-state index contributed by atoms with van der Waals surface area (Å²) in [4.78, 5) is 17.9. The van der Waals surface area contributed by atoms with Crippen LogP contribution in [0.25, 0.3) is 0 Å². The zero-order valence-electron chi connectivity index (χ0n) is 20.2. The number of nitrogens with zero attached hydrogens (tertiary/aromatic N) is 2. The first-order valence-corrected chi connectivity index (χ1v) is 12.4. The largest absolute Gasteiger partial charge is 0.508 e. The molecule has 0 aliphatic carbocycles. The Hall–Kier alpha value is -3.06. The summed E-state index contributed by atoms with van der Waals surface area (Å²) in [6.07, 6.45) is 5.94.